The van der Waals surface area contributed by atoms with E-state index in [1.165, 1.54) is 12.1 Å². The lowest BCUT2D eigenvalue weighted by Crippen LogP contribution is -2.10. The molecule has 0 radical (unpaired) electrons. The Morgan fingerprint density at radius 1 is 1.27 bits per heavy atom. The lowest BCUT2D eigenvalue weighted by atomic mass is 10.2. The lowest BCUT2D eigenvalue weighted by Gasteiger charge is -2.08. The minimum atomic E-state index is -4.38. The molecule has 2 aromatic heterocycles. The molecule has 2 aromatic rings. The number of hydrogen-bond acceptors (Lipinski definition) is 5. The molecule has 0 atom stereocenters. The molecule has 0 bridgehead atoms. The van der Waals surface area contributed by atoms with Gasteiger partial charge in [0.05, 0.1) is 5.56 Å². The summed E-state index contributed by atoms with van der Waals surface area (Å²) in [5.41, 5.74) is 0.0173. The van der Waals surface area contributed by atoms with E-state index in [1.807, 2.05) is 6.07 Å². The number of pyridine rings is 1. The zero-order valence-corrected chi connectivity index (χ0v) is 11.6. The van der Waals surface area contributed by atoms with Crippen molar-refractivity contribution >= 4 is 5.82 Å². The van der Waals surface area contributed by atoms with Crippen LogP contribution in [0.5, 0.6) is 0 Å². The number of rotatable bonds is 4. The van der Waals surface area contributed by atoms with E-state index in [0.29, 0.717) is 30.3 Å². The maximum absolute atomic E-state index is 12.4. The number of nitrogens with zero attached hydrogens (tertiary/aromatic N) is 4. The molecule has 0 aliphatic rings. The summed E-state index contributed by atoms with van der Waals surface area (Å²) in [6.45, 7) is 2.10. The van der Waals surface area contributed by atoms with Crippen LogP contribution in [0.3, 0.4) is 0 Å². The van der Waals surface area contributed by atoms with Crippen LogP contribution in [0.4, 0.5) is 19.0 Å². The number of anilines is 1. The first-order chi connectivity index (χ1) is 10.4. The van der Waals surface area contributed by atoms with Crippen LogP contribution in [0, 0.1) is 18.3 Å². The predicted octanol–water partition coefficient (Wildman–Crippen LogP) is 2.73. The van der Waals surface area contributed by atoms with Crippen molar-refractivity contribution in [3.63, 3.8) is 0 Å². The van der Waals surface area contributed by atoms with Gasteiger partial charge in [0.25, 0.3) is 0 Å². The second kappa shape index (κ2) is 6.39. The molecule has 2 heterocycles. The van der Waals surface area contributed by atoms with E-state index in [0.717, 1.165) is 12.3 Å². The fraction of sp³-hybridized carbons (Fsp3) is 0.286. The van der Waals surface area contributed by atoms with Gasteiger partial charge in [0.1, 0.15) is 23.4 Å². The van der Waals surface area contributed by atoms with E-state index in [-0.39, 0.29) is 5.69 Å². The van der Waals surface area contributed by atoms with Gasteiger partial charge in [0.2, 0.25) is 0 Å². The molecule has 1 N–H and O–H groups in total. The fourth-order valence-corrected chi connectivity index (χ4v) is 1.77. The molecular formula is C14H12F3N5. The Morgan fingerprint density at radius 3 is 2.64 bits per heavy atom. The van der Waals surface area contributed by atoms with Crippen molar-refractivity contribution in [3.05, 3.63) is 47.2 Å². The van der Waals surface area contributed by atoms with Crippen molar-refractivity contribution in [2.45, 2.75) is 19.5 Å². The molecule has 0 aromatic carbocycles. The van der Waals surface area contributed by atoms with Gasteiger partial charge < -0.3 is 5.32 Å². The Kier molecular flexibility index (Phi) is 4.56. The summed E-state index contributed by atoms with van der Waals surface area (Å²) in [4.78, 5) is 11.8. The largest absolute Gasteiger partial charge is 0.417 e. The number of hydrogen-bond donors (Lipinski definition) is 1. The van der Waals surface area contributed by atoms with Crippen molar-refractivity contribution < 1.29 is 13.2 Å². The van der Waals surface area contributed by atoms with Gasteiger partial charge in [-0.15, -0.1) is 0 Å². The zero-order valence-electron chi connectivity index (χ0n) is 11.6. The Bertz CT molecular complexity index is 689. The van der Waals surface area contributed by atoms with E-state index >= 15 is 0 Å². The number of nitrogens with one attached hydrogen (secondary N) is 1. The summed E-state index contributed by atoms with van der Waals surface area (Å²) in [6.07, 6.45) is -3.13. The highest BCUT2D eigenvalue weighted by atomic mass is 19.4. The topological polar surface area (TPSA) is 74.5 Å². The molecule has 0 spiro atoms. The second-order valence-corrected chi connectivity index (χ2v) is 4.51. The molecule has 8 heteroatoms. The van der Waals surface area contributed by atoms with E-state index in [2.05, 4.69) is 20.3 Å². The van der Waals surface area contributed by atoms with E-state index < -0.39 is 11.7 Å². The summed E-state index contributed by atoms with van der Waals surface area (Å²) in [7, 11) is 0. The Hall–Kier alpha value is -2.69. The fourth-order valence-electron chi connectivity index (χ4n) is 1.77. The van der Waals surface area contributed by atoms with Gasteiger partial charge in [-0.25, -0.2) is 9.97 Å². The van der Waals surface area contributed by atoms with Crippen LogP contribution in [-0.4, -0.2) is 21.5 Å². The quantitative estimate of drug-likeness (QED) is 0.940. The van der Waals surface area contributed by atoms with Crippen molar-refractivity contribution in [1.29, 1.82) is 5.26 Å². The van der Waals surface area contributed by atoms with Gasteiger partial charge >= 0.3 is 6.18 Å². The molecular weight excluding hydrogens is 295 g/mol. The van der Waals surface area contributed by atoms with Crippen LogP contribution in [0.2, 0.25) is 0 Å². The summed E-state index contributed by atoms with van der Waals surface area (Å²) in [6, 6.07) is 5.78. The van der Waals surface area contributed by atoms with Crippen LogP contribution >= 0.6 is 0 Å². The average Bonchev–Trinajstić information content (AvgIpc) is 2.46. The Balaban J connectivity index is 1.94. The highest BCUT2D eigenvalue weighted by Crippen LogP contribution is 2.28. The van der Waals surface area contributed by atoms with Gasteiger partial charge in [-0.2, -0.15) is 18.4 Å². The molecule has 2 rings (SSSR count). The Labute approximate surface area is 124 Å². The maximum atomic E-state index is 12.4. The zero-order chi connectivity index (χ0) is 16.2. The van der Waals surface area contributed by atoms with Crippen LogP contribution in [0.15, 0.2) is 24.4 Å². The highest BCUT2D eigenvalue weighted by Gasteiger charge is 2.30. The van der Waals surface area contributed by atoms with Crippen molar-refractivity contribution in [3.8, 4) is 6.07 Å². The average molecular weight is 307 g/mol. The number of alkyl halides is 3. The second-order valence-electron chi connectivity index (χ2n) is 4.51. The van der Waals surface area contributed by atoms with E-state index in [1.54, 1.807) is 6.92 Å². The van der Waals surface area contributed by atoms with Crippen LogP contribution in [0.1, 0.15) is 22.8 Å². The highest BCUT2D eigenvalue weighted by molar-refractivity contribution is 5.39. The molecule has 0 aliphatic carbocycles. The lowest BCUT2D eigenvalue weighted by molar-refractivity contribution is -0.137. The molecule has 0 aliphatic heterocycles. The van der Waals surface area contributed by atoms with E-state index in [4.69, 9.17) is 5.26 Å². The monoisotopic (exact) mass is 307 g/mol. The van der Waals surface area contributed by atoms with Gasteiger partial charge in [-0.05, 0) is 19.1 Å². The third-order valence-corrected chi connectivity index (χ3v) is 2.79. The van der Waals surface area contributed by atoms with Gasteiger partial charge in [0.15, 0.2) is 0 Å². The Morgan fingerprint density at radius 2 is 2.05 bits per heavy atom. The first kappa shape index (κ1) is 15.7. The molecule has 22 heavy (non-hydrogen) atoms. The van der Waals surface area contributed by atoms with Gasteiger partial charge in [0, 0.05) is 30.9 Å². The maximum Gasteiger partial charge on any atom is 0.417 e. The third kappa shape index (κ3) is 4.15. The first-order valence-electron chi connectivity index (χ1n) is 6.40. The molecule has 0 saturated heterocycles. The summed E-state index contributed by atoms with van der Waals surface area (Å²) in [5.74, 6) is 0.963. The van der Waals surface area contributed by atoms with Crippen molar-refractivity contribution in [2.75, 3.05) is 11.9 Å². The van der Waals surface area contributed by atoms with Crippen LogP contribution in [0.25, 0.3) is 0 Å². The molecule has 0 amide bonds. The number of halogens is 3. The van der Waals surface area contributed by atoms with Crippen molar-refractivity contribution in [1.82, 2.24) is 15.0 Å². The number of aromatic nitrogens is 3. The smallest absolute Gasteiger partial charge is 0.370 e. The summed E-state index contributed by atoms with van der Waals surface area (Å²) >= 11 is 0. The molecule has 114 valence electrons. The van der Waals surface area contributed by atoms with Crippen LogP contribution in [-0.2, 0) is 12.6 Å². The van der Waals surface area contributed by atoms with Crippen molar-refractivity contribution in [2.24, 2.45) is 0 Å². The standard InChI is InChI=1S/C14H12F3N5/c1-9-21-12(7-18)6-13(22-9)19-5-4-11-3-2-10(8-20-11)14(15,16)17/h2-3,6,8H,4-5H2,1H3,(H,19,21,22). The molecule has 0 saturated carbocycles. The first-order valence-corrected chi connectivity index (χ1v) is 6.40. The van der Waals surface area contributed by atoms with Gasteiger partial charge in [-0.3, -0.25) is 4.98 Å². The summed E-state index contributed by atoms with van der Waals surface area (Å²) < 4.78 is 37.2. The molecule has 0 unspecified atom stereocenters. The molecule has 5 nitrogen and oxygen atoms in total. The minimum Gasteiger partial charge on any atom is -0.370 e. The van der Waals surface area contributed by atoms with Gasteiger partial charge in [-0.1, -0.05) is 0 Å². The minimum absolute atomic E-state index is 0.252. The summed E-state index contributed by atoms with van der Waals surface area (Å²) in [5, 5.41) is 11.8. The van der Waals surface area contributed by atoms with E-state index in [9.17, 15) is 13.2 Å². The SMILES string of the molecule is Cc1nc(C#N)cc(NCCc2ccc(C(F)(F)F)cn2)n1. The number of nitriles is 1. The third-order valence-electron chi connectivity index (χ3n) is 2.79. The number of aryl methyl sites for hydroxylation is 1. The predicted molar refractivity (Wildman–Crippen MR) is 72.9 cm³/mol. The normalized spacial score (nSPS) is 11.0. The van der Waals surface area contributed by atoms with Crippen LogP contribution < -0.4 is 5.32 Å². The molecule has 0 fully saturated rings.